The van der Waals surface area contributed by atoms with Crippen LogP contribution in [0.2, 0.25) is 5.02 Å². The van der Waals surface area contributed by atoms with E-state index in [1.807, 2.05) is 44.2 Å². The zero-order chi connectivity index (χ0) is 14.0. The summed E-state index contributed by atoms with van der Waals surface area (Å²) in [5.74, 6) is 0.816. The third-order valence-corrected chi connectivity index (χ3v) is 4.66. The number of rotatable bonds is 4. The van der Waals surface area contributed by atoms with E-state index in [1.165, 1.54) is 0 Å². The number of halogens is 2. The molecule has 1 aromatic carbocycles. The average Bonchev–Trinajstić information content (AvgIpc) is 2.74. The SMILES string of the molecule is Cc1cc(Cl)ccc1OC(c1ccc(Br)s1)C(C)N. The Bertz CT molecular complexity index is 570. The molecule has 0 bridgehead atoms. The summed E-state index contributed by atoms with van der Waals surface area (Å²) in [4.78, 5) is 1.11. The summed E-state index contributed by atoms with van der Waals surface area (Å²) in [6, 6.07) is 9.55. The highest BCUT2D eigenvalue weighted by Gasteiger charge is 2.21. The standard InChI is InChI=1S/C14H15BrClNOS/c1-8-7-10(16)3-4-11(8)18-14(9(2)17)12-5-6-13(15)19-12/h3-7,9,14H,17H2,1-2H3. The first-order chi connectivity index (χ1) is 8.97. The monoisotopic (exact) mass is 359 g/mol. The molecule has 0 aliphatic rings. The summed E-state index contributed by atoms with van der Waals surface area (Å²) in [6.45, 7) is 3.92. The highest BCUT2D eigenvalue weighted by atomic mass is 79.9. The zero-order valence-corrected chi connectivity index (χ0v) is 13.8. The van der Waals surface area contributed by atoms with Crippen LogP contribution in [-0.2, 0) is 0 Å². The van der Waals surface area contributed by atoms with Crippen molar-refractivity contribution in [2.45, 2.75) is 26.0 Å². The summed E-state index contributed by atoms with van der Waals surface area (Å²) in [5.41, 5.74) is 7.05. The summed E-state index contributed by atoms with van der Waals surface area (Å²) >= 11 is 11.1. The number of hydrogen-bond donors (Lipinski definition) is 1. The molecule has 2 rings (SSSR count). The minimum Gasteiger partial charge on any atom is -0.483 e. The molecule has 102 valence electrons. The number of thiophene rings is 1. The lowest BCUT2D eigenvalue weighted by molar-refractivity contribution is 0.183. The van der Waals surface area contributed by atoms with Gasteiger partial charge in [0.1, 0.15) is 11.9 Å². The van der Waals surface area contributed by atoms with E-state index in [-0.39, 0.29) is 12.1 Å². The van der Waals surface area contributed by atoms with E-state index in [4.69, 9.17) is 22.1 Å². The largest absolute Gasteiger partial charge is 0.483 e. The van der Waals surface area contributed by atoms with Gasteiger partial charge in [0.05, 0.1) is 3.79 Å². The quantitative estimate of drug-likeness (QED) is 0.838. The van der Waals surface area contributed by atoms with Crippen molar-refractivity contribution in [1.82, 2.24) is 0 Å². The second kappa shape index (κ2) is 6.27. The molecule has 0 aliphatic carbocycles. The molecule has 0 radical (unpaired) electrons. The molecule has 2 unspecified atom stereocenters. The van der Waals surface area contributed by atoms with Crippen molar-refractivity contribution >= 4 is 38.9 Å². The van der Waals surface area contributed by atoms with Crippen LogP contribution in [0.1, 0.15) is 23.5 Å². The van der Waals surface area contributed by atoms with Crippen molar-refractivity contribution in [2.24, 2.45) is 5.73 Å². The minimum atomic E-state index is -0.156. The van der Waals surface area contributed by atoms with Crippen LogP contribution in [0.5, 0.6) is 5.75 Å². The fourth-order valence-corrected chi connectivity index (χ4v) is 3.58. The van der Waals surface area contributed by atoms with Gasteiger partial charge in [-0.1, -0.05) is 11.6 Å². The highest BCUT2D eigenvalue weighted by molar-refractivity contribution is 9.11. The smallest absolute Gasteiger partial charge is 0.148 e. The number of hydrogen-bond acceptors (Lipinski definition) is 3. The summed E-state index contributed by atoms with van der Waals surface area (Å²) in [7, 11) is 0. The molecular weight excluding hydrogens is 346 g/mol. The second-order valence-corrected chi connectivity index (χ2v) is 7.38. The molecule has 2 nitrogen and oxygen atoms in total. The van der Waals surface area contributed by atoms with E-state index < -0.39 is 0 Å². The van der Waals surface area contributed by atoms with E-state index in [2.05, 4.69) is 15.9 Å². The molecule has 2 N–H and O–H groups in total. The van der Waals surface area contributed by atoms with Crippen LogP contribution in [0.3, 0.4) is 0 Å². The average molecular weight is 361 g/mol. The van der Waals surface area contributed by atoms with Gasteiger partial charge in [0.25, 0.3) is 0 Å². The fourth-order valence-electron chi connectivity index (χ4n) is 1.79. The van der Waals surface area contributed by atoms with Gasteiger partial charge in [0.2, 0.25) is 0 Å². The topological polar surface area (TPSA) is 35.2 Å². The molecule has 0 fully saturated rings. The van der Waals surface area contributed by atoms with Crippen molar-refractivity contribution in [2.75, 3.05) is 0 Å². The maximum atomic E-state index is 6.07. The number of aryl methyl sites for hydroxylation is 1. The summed E-state index contributed by atoms with van der Waals surface area (Å²) in [6.07, 6.45) is -0.156. The Morgan fingerprint density at radius 1 is 1.32 bits per heavy atom. The van der Waals surface area contributed by atoms with Crippen LogP contribution in [0, 0.1) is 6.92 Å². The Labute approximate surface area is 130 Å². The number of nitrogens with two attached hydrogens (primary N) is 1. The molecule has 19 heavy (non-hydrogen) atoms. The van der Waals surface area contributed by atoms with Crippen molar-refractivity contribution in [3.05, 3.63) is 49.6 Å². The lowest BCUT2D eigenvalue weighted by atomic mass is 10.1. The van der Waals surface area contributed by atoms with Gasteiger partial charge in [-0.25, -0.2) is 0 Å². The van der Waals surface area contributed by atoms with Crippen LogP contribution in [0.4, 0.5) is 0 Å². The lowest BCUT2D eigenvalue weighted by Gasteiger charge is -2.22. The Kier molecular flexibility index (Phi) is 4.90. The van der Waals surface area contributed by atoms with Gasteiger partial charge in [0, 0.05) is 15.9 Å². The molecule has 5 heteroatoms. The predicted molar refractivity (Wildman–Crippen MR) is 85.2 cm³/mol. The molecule has 0 saturated carbocycles. The van der Waals surface area contributed by atoms with Crippen LogP contribution in [0.25, 0.3) is 0 Å². The summed E-state index contributed by atoms with van der Waals surface area (Å²) in [5, 5.41) is 0.709. The Morgan fingerprint density at radius 2 is 2.05 bits per heavy atom. The van der Waals surface area contributed by atoms with Crippen molar-refractivity contribution < 1.29 is 4.74 Å². The van der Waals surface area contributed by atoms with E-state index >= 15 is 0 Å². The Morgan fingerprint density at radius 3 is 2.58 bits per heavy atom. The van der Waals surface area contributed by atoms with Gasteiger partial charge in [-0.05, 0) is 65.7 Å². The molecule has 1 aromatic heterocycles. The van der Waals surface area contributed by atoms with Gasteiger partial charge in [-0.3, -0.25) is 0 Å². The van der Waals surface area contributed by atoms with Crippen LogP contribution in [0.15, 0.2) is 34.1 Å². The lowest BCUT2D eigenvalue weighted by Crippen LogP contribution is -2.28. The first-order valence-corrected chi connectivity index (χ1v) is 7.89. The van der Waals surface area contributed by atoms with Gasteiger partial charge in [-0.2, -0.15) is 0 Å². The minimum absolute atomic E-state index is 0.0966. The van der Waals surface area contributed by atoms with E-state index in [0.29, 0.717) is 5.02 Å². The van der Waals surface area contributed by atoms with Gasteiger partial charge >= 0.3 is 0 Å². The van der Waals surface area contributed by atoms with Crippen LogP contribution in [-0.4, -0.2) is 6.04 Å². The second-order valence-electron chi connectivity index (χ2n) is 4.45. The number of benzene rings is 1. The predicted octanol–water partition coefficient (Wildman–Crippen LogP) is 4.94. The van der Waals surface area contributed by atoms with E-state index in [1.54, 1.807) is 11.3 Å². The third kappa shape index (κ3) is 3.72. The molecule has 2 aromatic rings. The van der Waals surface area contributed by atoms with E-state index in [9.17, 15) is 0 Å². The summed E-state index contributed by atoms with van der Waals surface area (Å²) < 4.78 is 7.14. The first-order valence-electron chi connectivity index (χ1n) is 5.91. The van der Waals surface area contributed by atoms with Gasteiger partial charge < -0.3 is 10.5 Å². The maximum absolute atomic E-state index is 6.07. The van der Waals surface area contributed by atoms with Crippen molar-refractivity contribution in [3.8, 4) is 5.75 Å². The molecule has 0 aliphatic heterocycles. The Hall–Kier alpha value is -0.550. The number of ether oxygens (including phenoxy) is 1. The van der Waals surface area contributed by atoms with Crippen molar-refractivity contribution in [3.63, 3.8) is 0 Å². The molecule has 0 spiro atoms. The molecule has 1 heterocycles. The first kappa shape index (κ1) is 14.9. The van der Waals surface area contributed by atoms with Gasteiger partial charge in [-0.15, -0.1) is 11.3 Å². The normalized spacial score (nSPS) is 14.2. The zero-order valence-electron chi connectivity index (χ0n) is 10.7. The molecule has 0 saturated heterocycles. The van der Waals surface area contributed by atoms with Crippen molar-refractivity contribution in [1.29, 1.82) is 0 Å². The maximum Gasteiger partial charge on any atom is 0.148 e. The highest BCUT2D eigenvalue weighted by Crippen LogP contribution is 2.33. The molecule has 2 atom stereocenters. The van der Waals surface area contributed by atoms with Crippen LogP contribution >= 0.6 is 38.9 Å². The van der Waals surface area contributed by atoms with Crippen LogP contribution < -0.4 is 10.5 Å². The Balaban J connectivity index is 2.26. The fraction of sp³-hybridized carbons (Fsp3) is 0.286. The van der Waals surface area contributed by atoms with E-state index in [0.717, 1.165) is 20.0 Å². The van der Waals surface area contributed by atoms with Gasteiger partial charge in [0.15, 0.2) is 0 Å². The third-order valence-electron chi connectivity index (χ3n) is 2.74. The molecule has 0 amide bonds. The molecular formula is C14H15BrClNOS.